The molecule has 142 valence electrons. The van der Waals surface area contributed by atoms with Gasteiger partial charge in [0.05, 0.1) is 27.4 Å². The Labute approximate surface area is 159 Å². The molecule has 1 aromatic carbocycles. The van der Waals surface area contributed by atoms with Gasteiger partial charge < -0.3 is 24.8 Å². The molecule has 2 aromatic rings. The number of benzene rings is 1. The van der Waals surface area contributed by atoms with Crippen LogP contribution in [0.5, 0.6) is 17.2 Å². The zero-order chi connectivity index (χ0) is 18.9. The number of rotatable bonds is 8. The molecule has 0 aliphatic carbocycles. The molecule has 7 heteroatoms. The summed E-state index contributed by atoms with van der Waals surface area (Å²) in [6, 6.07) is 8.10. The van der Waals surface area contributed by atoms with Crippen molar-refractivity contribution in [2.24, 2.45) is 4.99 Å². The van der Waals surface area contributed by atoms with Gasteiger partial charge in [0.25, 0.3) is 0 Å². The highest BCUT2D eigenvalue weighted by molar-refractivity contribution is 7.10. The van der Waals surface area contributed by atoms with Crippen molar-refractivity contribution in [1.29, 1.82) is 0 Å². The van der Waals surface area contributed by atoms with Crippen LogP contribution in [0, 0.1) is 0 Å². The molecule has 0 aliphatic rings. The van der Waals surface area contributed by atoms with E-state index in [4.69, 9.17) is 14.2 Å². The normalized spacial score (nSPS) is 12.4. The first-order valence-corrected chi connectivity index (χ1v) is 9.30. The predicted octanol–water partition coefficient (Wildman–Crippen LogP) is 3.24. The van der Waals surface area contributed by atoms with Crippen molar-refractivity contribution in [3.63, 3.8) is 0 Å². The van der Waals surface area contributed by atoms with Gasteiger partial charge in [-0.3, -0.25) is 4.99 Å². The lowest BCUT2D eigenvalue weighted by Crippen LogP contribution is -2.39. The number of thiophene rings is 1. The average Bonchev–Trinajstić information content (AvgIpc) is 3.21. The van der Waals surface area contributed by atoms with Crippen molar-refractivity contribution >= 4 is 17.3 Å². The van der Waals surface area contributed by atoms with Gasteiger partial charge in [-0.25, -0.2) is 0 Å². The monoisotopic (exact) mass is 377 g/mol. The van der Waals surface area contributed by atoms with Crippen molar-refractivity contribution < 1.29 is 14.2 Å². The fraction of sp³-hybridized carbons (Fsp3) is 0.421. The van der Waals surface area contributed by atoms with E-state index in [1.807, 2.05) is 12.1 Å². The first kappa shape index (κ1) is 19.9. The highest BCUT2D eigenvalue weighted by Crippen LogP contribution is 2.34. The summed E-state index contributed by atoms with van der Waals surface area (Å²) in [5.74, 6) is 2.96. The number of methoxy groups -OCH3 is 3. The molecule has 2 N–H and O–H groups in total. The average molecular weight is 378 g/mol. The summed E-state index contributed by atoms with van der Waals surface area (Å²) in [7, 11) is 6.69. The molecule has 0 saturated heterocycles. The Kier molecular flexibility index (Phi) is 7.59. The predicted molar refractivity (Wildman–Crippen MR) is 107 cm³/mol. The molecule has 1 atom stereocenters. The Morgan fingerprint density at radius 1 is 1.15 bits per heavy atom. The van der Waals surface area contributed by atoms with Crippen molar-refractivity contribution in [2.45, 2.75) is 19.4 Å². The Morgan fingerprint density at radius 2 is 1.85 bits per heavy atom. The van der Waals surface area contributed by atoms with Gasteiger partial charge in [0.1, 0.15) is 17.2 Å². The third kappa shape index (κ3) is 5.05. The molecular formula is C19H27N3O3S. The van der Waals surface area contributed by atoms with E-state index < -0.39 is 0 Å². The van der Waals surface area contributed by atoms with Crippen molar-refractivity contribution in [3.8, 4) is 17.2 Å². The van der Waals surface area contributed by atoms with E-state index in [2.05, 4.69) is 40.1 Å². The summed E-state index contributed by atoms with van der Waals surface area (Å²) in [6.07, 6.45) is 0.727. The van der Waals surface area contributed by atoms with Gasteiger partial charge in [-0.15, -0.1) is 11.3 Å². The number of aliphatic imine (C=N–C) groups is 1. The van der Waals surface area contributed by atoms with E-state index in [1.54, 1.807) is 39.7 Å². The first-order valence-electron chi connectivity index (χ1n) is 8.42. The molecule has 0 amide bonds. The highest BCUT2D eigenvalue weighted by atomic mass is 32.1. The van der Waals surface area contributed by atoms with Crippen LogP contribution >= 0.6 is 11.3 Å². The van der Waals surface area contributed by atoms with Crippen LogP contribution in [0.25, 0.3) is 0 Å². The van der Waals surface area contributed by atoms with E-state index in [-0.39, 0.29) is 6.04 Å². The molecule has 1 unspecified atom stereocenters. The number of nitrogens with one attached hydrogen (secondary N) is 2. The minimum absolute atomic E-state index is 0.200. The molecule has 1 heterocycles. The van der Waals surface area contributed by atoms with Gasteiger partial charge >= 0.3 is 0 Å². The second-order valence-corrected chi connectivity index (χ2v) is 6.62. The Balaban J connectivity index is 1.99. The van der Waals surface area contributed by atoms with Crippen LogP contribution in [0.2, 0.25) is 0 Å². The van der Waals surface area contributed by atoms with Crippen LogP contribution in [0.3, 0.4) is 0 Å². The SMILES string of the molecule is CN=C(NCCc1c(OC)cc(OC)cc1OC)NC(C)c1cccs1. The summed E-state index contributed by atoms with van der Waals surface area (Å²) in [4.78, 5) is 5.57. The lowest BCUT2D eigenvalue weighted by Gasteiger charge is -2.18. The second-order valence-electron chi connectivity index (χ2n) is 5.64. The maximum Gasteiger partial charge on any atom is 0.191 e. The quantitative estimate of drug-likeness (QED) is 0.546. The molecule has 6 nitrogen and oxygen atoms in total. The first-order chi connectivity index (χ1) is 12.6. The minimum atomic E-state index is 0.200. The number of ether oxygens (including phenoxy) is 3. The number of hydrogen-bond acceptors (Lipinski definition) is 5. The van der Waals surface area contributed by atoms with Gasteiger partial charge in [-0.2, -0.15) is 0 Å². The summed E-state index contributed by atoms with van der Waals surface area (Å²) in [5, 5.41) is 8.82. The summed E-state index contributed by atoms with van der Waals surface area (Å²) >= 11 is 1.73. The number of hydrogen-bond donors (Lipinski definition) is 2. The van der Waals surface area contributed by atoms with Crippen LogP contribution < -0.4 is 24.8 Å². The van der Waals surface area contributed by atoms with Gasteiger partial charge in [-0.1, -0.05) is 6.07 Å². The molecule has 0 aliphatic heterocycles. The van der Waals surface area contributed by atoms with Gasteiger partial charge in [-0.05, 0) is 24.8 Å². The van der Waals surface area contributed by atoms with Crippen LogP contribution in [0.4, 0.5) is 0 Å². The fourth-order valence-corrected chi connectivity index (χ4v) is 3.37. The van der Waals surface area contributed by atoms with E-state index in [0.717, 1.165) is 29.4 Å². The molecular weight excluding hydrogens is 350 g/mol. The highest BCUT2D eigenvalue weighted by Gasteiger charge is 2.14. The van der Waals surface area contributed by atoms with Gasteiger partial charge in [0, 0.05) is 36.2 Å². The van der Waals surface area contributed by atoms with Gasteiger partial charge in [0.15, 0.2) is 5.96 Å². The topological polar surface area (TPSA) is 64.1 Å². The molecule has 0 bridgehead atoms. The molecule has 0 fully saturated rings. The Hall–Kier alpha value is -2.41. The van der Waals surface area contributed by atoms with Crippen LogP contribution in [0.15, 0.2) is 34.6 Å². The maximum absolute atomic E-state index is 5.50. The lowest BCUT2D eigenvalue weighted by molar-refractivity contribution is 0.368. The third-order valence-electron chi connectivity index (χ3n) is 4.03. The van der Waals surface area contributed by atoms with E-state index >= 15 is 0 Å². The molecule has 2 rings (SSSR count). The fourth-order valence-electron chi connectivity index (χ4n) is 2.64. The Bertz CT molecular complexity index is 692. The van der Waals surface area contributed by atoms with Crippen LogP contribution in [0.1, 0.15) is 23.4 Å². The minimum Gasteiger partial charge on any atom is -0.496 e. The lowest BCUT2D eigenvalue weighted by atomic mass is 10.1. The molecule has 0 radical (unpaired) electrons. The van der Waals surface area contributed by atoms with Crippen molar-refractivity contribution in [1.82, 2.24) is 10.6 Å². The number of guanidine groups is 1. The zero-order valence-electron chi connectivity index (χ0n) is 16.0. The third-order valence-corrected chi connectivity index (χ3v) is 5.09. The molecule has 26 heavy (non-hydrogen) atoms. The summed E-state index contributed by atoms with van der Waals surface area (Å²) in [6.45, 7) is 2.81. The zero-order valence-corrected chi connectivity index (χ0v) is 16.8. The molecule has 0 saturated carbocycles. The van der Waals surface area contributed by atoms with Crippen molar-refractivity contribution in [3.05, 3.63) is 40.1 Å². The summed E-state index contributed by atoms with van der Waals surface area (Å²) < 4.78 is 16.3. The Morgan fingerprint density at radius 3 is 2.35 bits per heavy atom. The van der Waals surface area contributed by atoms with Gasteiger partial charge in [0.2, 0.25) is 0 Å². The van der Waals surface area contributed by atoms with E-state index in [1.165, 1.54) is 4.88 Å². The largest absolute Gasteiger partial charge is 0.496 e. The second kappa shape index (κ2) is 9.91. The van der Waals surface area contributed by atoms with Crippen LogP contribution in [-0.4, -0.2) is 40.9 Å². The van der Waals surface area contributed by atoms with Crippen molar-refractivity contribution in [2.75, 3.05) is 34.9 Å². The number of nitrogens with zero attached hydrogens (tertiary/aromatic N) is 1. The summed E-state index contributed by atoms with van der Waals surface area (Å²) in [5.41, 5.74) is 0.991. The smallest absolute Gasteiger partial charge is 0.191 e. The molecule has 0 spiro atoms. The molecule has 1 aromatic heterocycles. The van der Waals surface area contributed by atoms with E-state index in [0.29, 0.717) is 12.3 Å². The standard InChI is InChI=1S/C19H27N3O3S/c1-13(18-7-6-10-26-18)22-19(20-2)21-9-8-15-16(24-4)11-14(23-3)12-17(15)25-5/h6-7,10-13H,8-9H2,1-5H3,(H2,20,21,22). The maximum atomic E-state index is 5.50. The van der Waals surface area contributed by atoms with Crippen LogP contribution in [-0.2, 0) is 6.42 Å². The van der Waals surface area contributed by atoms with E-state index in [9.17, 15) is 0 Å².